The van der Waals surface area contributed by atoms with Crippen LogP contribution < -0.4 is 0 Å². The third kappa shape index (κ3) is 2.25. The van der Waals surface area contributed by atoms with Crippen LogP contribution in [0, 0.1) is 6.92 Å². The molecule has 0 amide bonds. The van der Waals surface area contributed by atoms with Crippen molar-refractivity contribution in [3.63, 3.8) is 0 Å². The fourth-order valence-electron chi connectivity index (χ4n) is 1.52. The fourth-order valence-corrected chi connectivity index (χ4v) is 1.52. The standard InChI is InChI=1S/C11H14N4O/c1-8-3-4-12-9(5-8)10(16)6-11-13-7-14-15(11)2/h3-5,7,10,16H,6H2,1-2H3. The van der Waals surface area contributed by atoms with E-state index in [9.17, 15) is 5.11 Å². The van der Waals surface area contributed by atoms with Gasteiger partial charge in [-0.1, -0.05) is 0 Å². The van der Waals surface area contributed by atoms with Crippen LogP contribution in [0.15, 0.2) is 24.7 Å². The Kier molecular flexibility index (Phi) is 2.96. The quantitative estimate of drug-likeness (QED) is 0.827. The van der Waals surface area contributed by atoms with Crippen LogP contribution in [0.5, 0.6) is 0 Å². The summed E-state index contributed by atoms with van der Waals surface area (Å²) >= 11 is 0. The molecule has 0 aliphatic rings. The maximum atomic E-state index is 10.00. The van der Waals surface area contributed by atoms with Crippen molar-refractivity contribution in [2.45, 2.75) is 19.4 Å². The van der Waals surface area contributed by atoms with Gasteiger partial charge in [0.2, 0.25) is 0 Å². The van der Waals surface area contributed by atoms with E-state index >= 15 is 0 Å². The van der Waals surface area contributed by atoms with E-state index in [0.717, 1.165) is 11.4 Å². The van der Waals surface area contributed by atoms with Crippen molar-refractivity contribution in [2.24, 2.45) is 7.05 Å². The largest absolute Gasteiger partial charge is 0.386 e. The SMILES string of the molecule is Cc1ccnc(C(O)Cc2ncnn2C)c1. The number of aryl methyl sites for hydroxylation is 2. The zero-order valence-electron chi connectivity index (χ0n) is 9.33. The Morgan fingerprint density at radius 1 is 1.44 bits per heavy atom. The summed E-state index contributed by atoms with van der Waals surface area (Å²) in [4.78, 5) is 8.21. The smallest absolute Gasteiger partial charge is 0.138 e. The van der Waals surface area contributed by atoms with Gasteiger partial charge in [0.05, 0.1) is 5.69 Å². The number of aromatic nitrogens is 4. The Morgan fingerprint density at radius 3 is 2.88 bits per heavy atom. The number of aliphatic hydroxyl groups is 1. The number of aliphatic hydroxyl groups excluding tert-OH is 1. The fraction of sp³-hybridized carbons (Fsp3) is 0.364. The summed E-state index contributed by atoms with van der Waals surface area (Å²) in [5.74, 6) is 0.746. The van der Waals surface area contributed by atoms with Crippen LogP contribution in [0.4, 0.5) is 0 Å². The second-order valence-electron chi connectivity index (χ2n) is 3.78. The maximum absolute atomic E-state index is 10.00. The van der Waals surface area contributed by atoms with Gasteiger partial charge in [-0.15, -0.1) is 0 Å². The molecule has 1 N–H and O–H groups in total. The molecule has 1 atom stereocenters. The molecule has 16 heavy (non-hydrogen) atoms. The van der Waals surface area contributed by atoms with Crippen molar-refractivity contribution in [1.29, 1.82) is 0 Å². The number of rotatable bonds is 3. The van der Waals surface area contributed by atoms with Crippen LogP contribution in [0.2, 0.25) is 0 Å². The summed E-state index contributed by atoms with van der Waals surface area (Å²) in [6.07, 6.45) is 2.96. The minimum Gasteiger partial charge on any atom is -0.386 e. The van der Waals surface area contributed by atoms with Crippen LogP contribution >= 0.6 is 0 Å². The van der Waals surface area contributed by atoms with Crippen molar-refractivity contribution >= 4 is 0 Å². The van der Waals surface area contributed by atoms with E-state index in [4.69, 9.17) is 0 Å². The molecule has 2 heterocycles. The lowest BCUT2D eigenvalue weighted by atomic mass is 10.1. The Balaban J connectivity index is 2.14. The van der Waals surface area contributed by atoms with E-state index in [-0.39, 0.29) is 0 Å². The zero-order valence-corrected chi connectivity index (χ0v) is 9.33. The van der Waals surface area contributed by atoms with Crippen LogP contribution in [-0.4, -0.2) is 24.9 Å². The molecule has 0 fully saturated rings. The van der Waals surface area contributed by atoms with Crippen LogP contribution in [-0.2, 0) is 13.5 Å². The van der Waals surface area contributed by atoms with Gasteiger partial charge in [0, 0.05) is 19.7 Å². The highest BCUT2D eigenvalue weighted by atomic mass is 16.3. The van der Waals surface area contributed by atoms with Gasteiger partial charge in [0.1, 0.15) is 18.3 Å². The number of hydrogen-bond acceptors (Lipinski definition) is 4. The van der Waals surface area contributed by atoms with Gasteiger partial charge in [-0.2, -0.15) is 5.10 Å². The Morgan fingerprint density at radius 2 is 2.25 bits per heavy atom. The number of hydrogen-bond donors (Lipinski definition) is 1. The van der Waals surface area contributed by atoms with Gasteiger partial charge in [-0.25, -0.2) is 4.98 Å². The highest BCUT2D eigenvalue weighted by molar-refractivity contribution is 5.16. The minimum absolute atomic E-state index is 0.424. The Bertz CT molecular complexity index is 480. The van der Waals surface area contributed by atoms with Gasteiger partial charge < -0.3 is 5.11 Å². The van der Waals surface area contributed by atoms with Crippen molar-refractivity contribution in [3.8, 4) is 0 Å². The highest BCUT2D eigenvalue weighted by Crippen LogP contribution is 2.15. The lowest BCUT2D eigenvalue weighted by Crippen LogP contribution is -2.09. The van der Waals surface area contributed by atoms with Crippen molar-refractivity contribution in [1.82, 2.24) is 19.7 Å². The molecule has 1 unspecified atom stereocenters. The second-order valence-corrected chi connectivity index (χ2v) is 3.78. The zero-order chi connectivity index (χ0) is 11.5. The molecule has 84 valence electrons. The Hall–Kier alpha value is -1.75. The molecular weight excluding hydrogens is 204 g/mol. The summed E-state index contributed by atoms with van der Waals surface area (Å²) in [6, 6.07) is 3.78. The molecule has 5 nitrogen and oxygen atoms in total. The summed E-state index contributed by atoms with van der Waals surface area (Å²) in [5.41, 5.74) is 1.75. The summed E-state index contributed by atoms with van der Waals surface area (Å²) in [5, 5.41) is 14.0. The molecule has 0 radical (unpaired) electrons. The lowest BCUT2D eigenvalue weighted by molar-refractivity contribution is 0.169. The van der Waals surface area contributed by atoms with E-state index in [1.54, 1.807) is 17.9 Å². The molecule has 0 aliphatic carbocycles. The lowest BCUT2D eigenvalue weighted by Gasteiger charge is -2.09. The second kappa shape index (κ2) is 4.40. The molecule has 0 aromatic carbocycles. The van der Waals surface area contributed by atoms with Gasteiger partial charge in [-0.05, 0) is 24.6 Å². The topological polar surface area (TPSA) is 63.8 Å². The highest BCUT2D eigenvalue weighted by Gasteiger charge is 2.13. The van der Waals surface area contributed by atoms with Crippen LogP contribution in [0.3, 0.4) is 0 Å². The average molecular weight is 218 g/mol. The monoisotopic (exact) mass is 218 g/mol. The third-order valence-electron chi connectivity index (χ3n) is 2.46. The number of pyridine rings is 1. The van der Waals surface area contributed by atoms with E-state index in [2.05, 4.69) is 15.1 Å². The first kappa shape index (κ1) is 10.8. The molecule has 2 aromatic heterocycles. The molecule has 0 saturated carbocycles. The van der Waals surface area contributed by atoms with E-state index in [1.807, 2.05) is 19.1 Å². The molecule has 2 aromatic rings. The van der Waals surface area contributed by atoms with E-state index in [1.165, 1.54) is 6.33 Å². The average Bonchev–Trinajstić information content (AvgIpc) is 2.64. The molecule has 2 rings (SSSR count). The summed E-state index contributed by atoms with van der Waals surface area (Å²) in [7, 11) is 1.80. The predicted octanol–water partition coefficient (Wildman–Crippen LogP) is 0.795. The molecule has 0 aliphatic heterocycles. The first-order chi connectivity index (χ1) is 7.66. The van der Waals surface area contributed by atoms with E-state index < -0.39 is 6.10 Å². The van der Waals surface area contributed by atoms with Crippen LogP contribution in [0.25, 0.3) is 0 Å². The van der Waals surface area contributed by atoms with Gasteiger partial charge in [-0.3, -0.25) is 9.67 Å². The van der Waals surface area contributed by atoms with Gasteiger partial charge in [0.25, 0.3) is 0 Å². The normalized spacial score (nSPS) is 12.7. The number of nitrogens with zero attached hydrogens (tertiary/aromatic N) is 4. The van der Waals surface area contributed by atoms with Crippen molar-refractivity contribution in [2.75, 3.05) is 0 Å². The van der Waals surface area contributed by atoms with Gasteiger partial charge in [0.15, 0.2) is 0 Å². The molecule has 0 saturated heterocycles. The summed E-state index contributed by atoms with van der Waals surface area (Å²) < 4.78 is 1.65. The predicted molar refractivity (Wildman–Crippen MR) is 58.6 cm³/mol. The minimum atomic E-state index is -0.636. The van der Waals surface area contributed by atoms with E-state index in [0.29, 0.717) is 12.1 Å². The van der Waals surface area contributed by atoms with Gasteiger partial charge >= 0.3 is 0 Å². The molecule has 0 spiro atoms. The summed E-state index contributed by atoms with van der Waals surface area (Å²) in [6.45, 7) is 1.97. The van der Waals surface area contributed by atoms with Crippen molar-refractivity contribution in [3.05, 3.63) is 41.7 Å². The first-order valence-electron chi connectivity index (χ1n) is 5.10. The van der Waals surface area contributed by atoms with Crippen LogP contribution in [0.1, 0.15) is 23.2 Å². The third-order valence-corrected chi connectivity index (χ3v) is 2.46. The first-order valence-corrected chi connectivity index (χ1v) is 5.10. The maximum Gasteiger partial charge on any atom is 0.138 e. The molecule has 0 bridgehead atoms. The molecular formula is C11H14N4O. The Labute approximate surface area is 93.8 Å². The molecule has 5 heteroatoms. The van der Waals surface area contributed by atoms with Crippen molar-refractivity contribution < 1.29 is 5.11 Å².